The van der Waals surface area contributed by atoms with Gasteiger partial charge in [-0.3, -0.25) is 4.98 Å². The maximum absolute atomic E-state index is 8.58. The van der Waals surface area contributed by atoms with E-state index in [1.54, 1.807) is 12.3 Å². The second kappa shape index (κ2) is 4.31. The number of halogens is 1. The minimum Gasteiger partial charge on any atom is -0.384 e. The maximum Gasteiger partial charge on any atom is 0.104 e. The summed E-state index contributed by atoms with van der Waals surface area (Å²) in [6.07, 6.45) is 1.67. The SMILES string of the molecule is OCC#Cc1ccc2nccc(Cl)c2c1. The summed E-state index contributed by atoms with van der Waals surface area (Å²) in [5, 5.41) is 10.1. The molecular formula is C12H8ClNO. The fraction of sp³-hybridized carbons (Fsp3) is 0.0833. The molecule has 0 aliphatic carbocycles. The first-order valence-electron chi connectivity index (χ1n) is 4.45. The lowest BCUT2D eigenvalue weighted by Crippen LogP contribution is -1.82. The number of aromatic nitrogens is 1. The van der Waals surface area contributed by atoms with E-state index in [4.69, 9.17) is 16.7 Å². The van der Waals surface area contributed by atoms with Gasteiger partial charge in [0.1, 0.15) is 6.61 Å². The highest BCUT2D eigenvalue weighted by Gasteiger charge is 1.99. The van der Waals surface area contributed by atoms with Crippen LogP contribution in [0.15, 0.2) is 30.5 Å². The van der Waals surface area contributed by atoms with Crippen molar-refractivity contribution in [3.8, 4) is 11.8 Å². The van der Waals surface area contributed by atoms with Crippen LogP contribution in [0.25, 0.3) is 10.9 Å². The second-order valence-electron chi connectivity index (χ2n) is 2.98. The van der Waals surface area contributed by atoms with E-state index in [0.29, 0.717) is 5.02 Å². The Morgan fingerprint density at radius 2 is 2.20 bits per heavy atom. The van der Waals surface area contributed by atoms with Crippen molar-refractivity contribution in [2.75, 3.05) is 6.61 Å². The lowest BCUT2D eigenvalue weighted by molar-refractivity contribution is 0.350. The molecule has 0 bridgehead atoms. The largest absolute Gasteiger partial charge is 0.384 e. The molecule has 2 aromatic rings. The van der Waals surface area contributed by atoms with E-state index in [9.17, 15) is 0 Å². The molecule has 0 amide bonds. The van der Waals surface area contributed by atoms with Gasteiger partial charge in [-0.1, -0.05) is 23.4 Å². The number of hydrogen-bond donors (Lipinski definition) is 1. The highest BCUT2D eigenvalue weighted by Crippen LogP contribution is 2.21. The van der Waals surface area contributed by atoms with Gasteiger partial charge in [0.2, 0.25) is 0 Å². The first-order chi connectivity index (χ1) is 7.31. The van der Waals surface area contributed by atoms with E-state index in [-0.39, 0.29) is 6.61 Å². The zero-order valence-corrected chi connectivity index (χ0v) is 8.62. The van der Waals surface area contributed by atoms with E-state index < -0.39 is 0 Å². The highest BCUT2D eigenvalue weighted by molar-refractivity contribution is 6.35. The van der Waals surface area contributed by atoms with E-state index in [2.05, 4.69) is 16.8 Å². The van der Waals surface area contributed by atoms with Crippen LogP contribution in [0.1, 0.15) is 5.56 Å². The third-order valence-corrected chi connectivity index (χ3v) is 2.33. The van der Waals surface area contributed by atoms with Gasteiger partial charge in [-0.25, -0.2) is 0 Å². The molecule has 3 heteroatoms. The van der Waals surface area contributed by atoms with E-state index in [1.165, 1.54) is 0 Å². The summed E-state index contributed by atoms with van der Waals surface area (Å²) >= 11 is 6.03. The topological polar surface area (TPSA) is 33.1 Å². The van der Waals surface area contributed by atoms with Crippen LogP contribution >= 0.6 is 11.6 Å². The third-order valence-electron chi connectivity index (χ3n) is 2.00. The summed E-state index contributed by atoms with van der Waals surface area (Å²) < 4.78 is 0. The van der Waals surface area contributed by atoms with Gasteiger partial charge in [-0.2, -0.15) is 0 Å². The zero-order valence-electron chi connectivity index (χ0n) is 7.87. The normalized spacial score (nSPS) is 9.73. The third kappa shape index (κ3) is 2.10. The van der Waals surface area contributed by atoms with Crippen LogP contribution in [0.2, 0.25) is 5.02 Å². The van der Waals surface area contributed by atoms with Crippen molar-refractivity contribution in [2.24, 2.45) is 0 Å². The minimum absolute atomic E-state index is 0.140. The molecule has 2 rings (SSSR count). The number of nitrogens with zero attached hydrogens (tertiary/aromatic N) is 1. The van der Waals surface area contributed by atoms with Crippen molar-refractivity contribution in [1.29, 1.82) is 0 Å². The van der Waals surface area contributed by atoms with Gasteiger partial charge in [-0.05, 0) is 24.3 Å². The van der Waals surface area contributed by atoms with Crippen LogP contribution in [0.3, 0.4) is 0 Å². The predicted octanol–water partition coefficient (Wildman–Crippen LogP) is 2.23. The van der Waals surface area contributed by atoms with Crippen molar-refractivity contribution in [2.45, 2.75) is 0 Å². The number of pyridine rings is 1. The smallest absolute Gasteiger partial charge is 0.104 e. The van der Waals surface area contributed by atoms with Gasteiger partial charge in [0.15, 0.2) is 0 Å². The second-order valence-corrected chi connectivity index (χ2v) is 3.39. The summed E-state index contributed by atoms with van der Waals surface area (Å²) in [6.45, 7) is -0.140. The molecule has 0 aliphatic heterocycles. The predicted molar refractivity (Wildman–Crippen MR) is 60.7 cm³/mol. The molecule has 1 heterocycles. The molecule has 0 atom stereocenters. The quantitative estimate of drug-likeness (QED) is 0.687. The molecule has 1 aromatic carbocycles. The summed E-state index contributed by atoms with van der Waals surface area (Å²) in [6, 6.07) is 7.33. The molecule has 1 N–H and O–H groups in total. The molecule has 15 heavy (non-hydrogen) atoms. The number of hydrogen-bond acceptors (Lipinski definition) is 2. The van der Waals surface area contributed by atoms with Crippen molar-refractivity contribution in [1.82, 2.24) is 4.98 Å². The van der Waals surface area contributed by atoms with E-state index in [0.717, 1.165) is 16.5 Å². The number of rotatable bonds is 0. The van der Waals surface area contributed by atoms with E-state index >= 15 is 0 Å². The average molecular weight is 218 g/mol. The monoisotopic (exact) mass is 217 g/mol. The molecule has 0 spiro atoms. The Bertz CT molecular complexity index is 554. The Morgan fingerprint density at radius 3 is 3.00 bits per heavy atom. The van der Waals surface area contributed by atoms with Crippen molar-refractivity contribution < 1.29 is 5.11 Å². The van der Waals surface area contributed by atoms with Crippen LogP contribution in [-0.2, 0) is 0 Å². The number of aliphatic hydroxyl groups is 1. The molecule has 1 aromatic heterocycles. The fourth-order valence-corrected chi connectivity index (χ4v) is 1.54. The van der Waals surface area contributed by atoms with Crippen LogP contribution in [0, 0.1) is 11.8 Å². The van der Waals surface area contributed by atoms with Crippen molar-refractivity contribution >= 4 is 22.5 Å². The number of fused-ring (bicyclic) bond motifs is 1. The summed E-state index contributed by atoms with van der Waals surface area (Å²) in [5.41, 5.74) is 1.67. The highest BCUT2D eigenvalue weighted by atomic mass is 35.5. The lowest BCUT2D eigenvalue weighted by Gasteiger charge is -1.99. The molecule has 0 radical (unpaired) electrons. The first-order valence-corrected chi connectivity index (χ1v) is 4.83. The van der Waals surface area contributed by atoms with Gasteiger partial charge in [0.25, 0.3) is 0 Å². The Morgan fingerprint density at radius 1 is 1.33 bits per heavy atom. The fourth-order valence-electron chi connectivity index (χ4n) is 1.33. The molecule has 0 unspecified atom stereocenters. The van der Waals surface area contributed by atoms with Gasteiger partial charge >= 0.3 is 0 Å². The summed E-state index contributed by atoms with van der Waals surface area (Å²) in [7, 11) is 0. The minimum atomic E-state index is -0.140. The van der Waals surface area contributed by atoms with Crippen molar-refractivity contribution in [3.63, 3.8) is 0 Å². The van der Waals surface area contributed by atoms with Crippen LogP contribution in [-0.4, -0.2) is 16.7 Å². The van der Waals surface area contributed by atoms with Gasteiger partial charge in [0.05, 0.1) is 10.5 Å². The molecular weight excluding hydrogens is 210 g/mol. The molecule has 0 saturated carbocycles. The summed E-state index contributed by atoms with van der Waals surface area (Å²) in [5.74, 6) is 5.42. The van der Waals surface area contributed by atoms with Crippen LogP contribution in [0.4, 0.5) is 0 Å². The summed E-state index contributed by atoms with van der Waals surface area (Å²) in [4.78, 5) is 4.18. The molecule has 2 nitrogen and oxygen atoms in total. The van der Waals surface area contributed by atoms with E-state index in [1.807, 2.05) is 18.2 Å². The number of benzene rings is 1. The molecule has 0 aliphatic rings. The van der Waals surface area contributed by atoms with Gasteiger partial charge in [-0.15, -0.1) is 0 Å². The molecule has 0 saturated heterocycles. The molecule has 0 fully saturated rings. The lowest BCUT2D eigenvalue weighted by atomic mass is 10.1. The van der Waals surface area contributed by atoms with Gasteiger partial charge in [0, 0.05) is 17.1 Å². The Kier molecular flexibility index (Phi) is 2.86. The average Bonchev–Trinajstić information content (AvgIpc) is 2.27. The number of aliphatic hydroxyl groups excluding tert-OH is 1. The first kappa shape index (κ1) is 9.97. The zero-order chi connectivity index (χ0) is 10.7. The Labute approximate surface area is 92.5 Å². The maximum atomic E-state index is 8.58. The van der Waals surface area contributed by atoms with Crippen LogP contribution < -0.4 is 0 Å². The van der Waals surface area contributed by atoms with Gasteiger partial charge < -0.3 is 5.11 Å². The molecule has 74 valence electrons. The Hall–Kier alpha value is -1.56. The van der Waals surface area contributed by atoms with Crippen molar-refractivity contribution in [3.05, 3.63) is 41.0 Å². The standard InChI is InChI=1S/C12H8ClNO/c13-11-5-6-14-12-4-3-9(2-1-7-15)8-10(11)12/h3-6,8,15H,7H2. The van der Waals surface area contributed by atoms with Crippen LogP contribution in [0.5, 0.6) is 0 Å². The Balaban J connectivity index is 2.59.